The number of nitrogens with zero attached hydrogens (tertiary/aromatic N) is 5. The van der Waals surface area contributed by atoms with Crippen LogP contribution >= 0.6 is 11.8 Å². The third kappa shape index (κ3) is 5.19. The first-order chi connectivity index (χ1) is 13.0. The molecule has 0 amide bonds. The molecule has 1 atom stereocenters. The van der Waals surface area contributed by atoms with Crippen molar-refractivity contribution in [1.29, 1.82) is 0 Å². The van der Waals surface area contributed by atoms with Crippen molar-refractivity contribution < 1.29 is 0 Å². The summed E-state index contributed by atoms with van der Waals surface area (Å²) in [6, 6.07) is 0.246. The lowest BCUT2D eigenvalue weighted by atomic mass is 9.87. The van der Waals surface area contributed by atoms with Gasteiger partial charge < -0.3 is 15.1 Å². The Bertz CT molecular complexity index is 614. The van der Waals surface area contributed by atoms with Gasteiger partial charge in [0.05, 0.1) is 18.8 Å². The predicted octanol–water partition coefficient (Wildman–Crippen LogP) is 2.74. The Hall–Kier alpha value is -1.21. The predicted molar refractivity (Wildman–Crippen MR) is 115 cm³/mol. The second-order valence-corrected chi connectivity index (χ2v) is 9.70. The van der Waals surface area contributed by atoms with Gasteiger partial charge in [-0.3, -0.25) is 9.67 Å². The number of aromatic nitrogens is 2. The van der Waals surface area contributed by atoms with Gasteiger partial charge in [-0.15, -0.1) is 0 Å². The molecule has 1 aromatic heterocycles. The first-order valence-electron chi connectivity index (χ1n) is 10.4. The van der Waals surface area contributed by atoms with Crippen molar-refractivity contribution in [3.8, 4) is 0 Å². The summed E-state index contributed by atoms with van der Waals surface area (Å²) in [7, 11) is 6.21. The number of thioether (sulfide) groups is 1. The molecule has 2 aliphatic rings. The van der Waals surface area contributed by atoms with Crippen molar-refractivity contribution in [1.82, 2.24) is 24.9 Å². The van der Waals surface area contributed by atoms with E-state index >= 15 is 0 Å². The molecule has 1 spiro atoms. The van der Waals surface area contributed by atoms with Gasteiger partial charge in [-0.25, -0.2) is 0 Å². The van der Waals surface area contributed by atoms with Gasteiger partial charge in [0.1, 0.15) is 0 Å². The van der Waals surface area contributed by atoms with Crippen molar-refractivity contribution in [3.63, 3.8) is 0 Å². The fourth-order valence-corrected chi connectivity index (χ4v) is 5.87. The Morgan fingerprint density at radius 3 is 2.78 bits per heavy atom. The molecule has 0 radical (unpaired) electrons. The molecule has 1 saturated heterocycles. The van der Waals surface area contributed by atoms with Crippen LogP contribution in [0.4, 0.5) is 0 Å². The van der Waals surface area contributed by atoms with E-state index in [2.05, 4.69) is 59.2 Å². The van der Waals surface area contributed by atoms with E-state index in [1.165, 1.54) is 43.4 Å². The monoisotopic (exact) mass is 392 g/mol. The lowest BCUT2D eigenvalue weighted by Crippen LogP contribution is -2.53. The number of aryl methyl sites for hydroxylation is 1. The van der Waals surface area contributed by atoms with Crippen LogP contribution in [0.5, 0.6) is 0 Å². The van der Waals surface area contributed by atoms with Crippen LogP contribution in [0, 0.1) is 0 Å². The zero-order chi connectivity index (χ0) is 19.3. The van der Waals surface area contributed by atoms with Crippen LogP contribution in [-0.2, 0) is 7.05 Å². The van der Waals surface area contributed by atoms with Crippen LogP contribution < -0.4 is 5.32 Å². The minimum atomic E-state index is 0.246. The molecule has 1 aliphatic carbocycles. The first kappa shape index (κ1) is 20.5. The minimum Gasteiger partial charge on any atom is -0.357 e. The molecular formula is C20H36N6S. The molecule has 0 aromatic carbocycles. The smallest absolute Gasteiger partial charge is 0.194 e. The van der Waals surface area contributed by atoms with Crippen LogP contribution in [0.15, 0.2) is 17.4 Å². The van der Waals surface area contributed by atoms with Gasteiger partial charge in [0.2, 0.25) is 0 Å². The number of rotatable bonds is 5. The average molecular weight is 393 g/mol. The Morgan fingerprint density at radius 2 is 2.15 bits per heavy atom. The third-order valence-electron chi connectivity index (χ3n) is 5.79. The summed E-state index contributed by atoms with van der Waals surface area (Å²) in [4.78, 5) is 9.82. The highest BCUT2D eigenvalue weighted by molar-refractivity contribution is 8.00. The van der Waals surface area contributed by atoms with E-state index in [0.717, 1.165) is 32.1 Å². The zero-order valence-electron chi connectivity index (χ0n) is 17.4. The first-order valence-corrected chi connectivity index (χ1v) is 11.3. The summed E-state index contributed by atoms with van der Waals surface area (Å²) in [5.41, 5.74) is 1.22. The molecule has 6 nitrogen and oxygen atoms in total. The van der Waals surface area contributed by atoms with Crippen LogP contribution in [0.1, 0.15) is 50.6 Å². The Morgan fingerprint density at radius 1 is 1.37 bits per heavy atom. The molecule has 2 fully saturated rings. The Labute approximate surface area is 168 Å². The molecule has 1 saturated carbocycles. The Kier molecular flexibility index (Phi) is 7.09. The maximum Gasteiger partial charge on any atom is 0.194 e. The number of nitrogens with one attached hydrogen (secondary N) is 1. The maximum absolute atomic E-state index is 5.07. The molecule has 1 N–H and O–H groups in total. The average Bonchev–Trinajstić information content (AvgIpc) is 3.07. The summed E-state index contributed by atoms with van der Waals surface area (Å²) in [5, 5.41) is 7.90. The molecule has 152 valence electrons. The van der Waals surface area contributed by atoms with E-state index in [1.54, 1.807) is 0 Å². The fraction of sp³-hybridized carbons (Fsp3) is 0.800. The van der Waals surface area contributed by atoms with E-state index < -0.39 is 0 Å². The SMILES string of the molecule is CCNC(=NCC(c1cnn(C)c1)N(C)C)N1CCSC2(CCCCC2)C1. The topological polar surface area (TPSA) is 48.7 Å². The van der Waals surface area contributed by atoms with E-state index in [9.17, 15) is 0 Å². The number of hydrogen-bond acceptors (Lipinski definition) is 4. The summed E-state index contributed by atoms with van der Waals surface area (Å²) < 4.78 is 2.33. The van der Waals surface area contributed by atoms with Gasteiger partial charge in [0.15, 0.2) is 5.96 Å². The molecule has 1 aromatic rings. The molecule has 2 heterocycles. The standard InChI is InChI=1S/C20H36N6S/c1-5-21-19(22-14-18(24(2)3)17-13-23-25(4)15-17)26-11-12-27-20(16-26)9-7-6-8-10-20/h13,15,18H,5-12,14,16H2,1-4H3,(H,21,22). The van der Waals surface area contributed by atoms with Crippen molar-refractivity contribution in [2.45, 2.75) is 49.8 Å². The zero-order valence-corrected chi connectivity index (χ0v) is 18.3. The normalized spacial score (nSPS) is 21.7. The second-order valence-electron chi connectivity index (χ2n) is 8.14. The second kappa shape index (κ2) is 9.32. The molecule has 1 unspecified atom stereocenters. The van der Waals surface area contributed by atoms with Gasteiger partial charge in [0.25, 0.3) is 0 Å². The summed E-state index contributed by atoms with van der Waals surface area (Å²) in [5.74, 6) is 2.29. The highest BCUT2D eigenvalue weighted by Crippen LogP contribution is 2.42. The maximum atomic E-state index is 5.07. The minimum absolute atomic E-state index is 0.246. The summed E-state index contributed by atoms with van der Waals surface area (Å²) in [6.07, 6.45) is 11.0. The molecule has 1 aliphatic heterocycles. The lowest BCUT2D eigenvalue weighted by Gasteiger charge is -2.45. The van der Waals surface area contributed by atoms with Gasteiger partial charge in [0, 0.05) is 48.9 Å². The molecular weight excluding hydrogens is 356 g/mol. The number of aliphatic imine (C=N–C) groups is 1. The van der Waals surface area contributed by atoms with Crippen molar-refractivity contribution in [3.05, 3.63) is 18.0 Å². The van der Waals surface area contributed by atoms with Crippen molar-refractivity contribution >= 4 is 17.7 Å². The molecule has 27 heavy (non-hydrogen) atoms. The van der Waals surface area contributed by atoms with Crippen LogP contribution in [0.25, 0.3) is 0 Å². The number of likely N-dealkylation sites (N-methyl/N-ethyl adjacent to an activating group) is 1. The van der Waals surface area contributed by atoms with E-state index in [1.807, 2.05) is 17.9 Å². The van der Waals surface area contributed by atoms with Crippen LogP contribution in [-0.4, -0.2) is 76.3 Å². The number of hydrogen-bond donors (Lipinski definition) is 1. The number of guanidine groups is 1. The molecule has 0 bridgehead atoms. The lowest BCUT2D eigenvalue weighted by molar-refractivity contribution is 0.287. The van der Waals surface area contributed by atoms with Gasteiger partial charge in [-0.2, -0.15) is 16.9 Å². The fourth-order valence-electron chi connectivity index (χ4n) is 4.30. The quantitative estimate of drug-likeness (QED) is 0.617. The van der Waals surface area contributed by atoms with E-state index in [-0.39, 0.29) is 6.04 Å². The van der Waals surface area contributed by atoms with E-state index in [4.69, 9.17) is 4.99 Å². The van der Waals surface area contributed by atoms with Gasteiger partial charge >= 0.3 is 0 Å². The van der Waals surface area contributed by atoms with Crippen molar-refractivity contribution in [2.75, 3.05) is 46.0 Å². The van der Waals surface area contributed by atoms with Crippen LogP contribution in [0.2, 0.25) is 0 Å². The molecule has 3 rings (SSSR count). The summed E-state index contributed by atoms with van der Waals surface area (Å²) >= 11 is 2.21. The van der Waals surface area contributed by atoms with Gasteiger partial charge in [-0.1, -0.05) is 19.3 Å². The highest BCUT2D eigenvalue weighted by atomic mass is 32.2. The van der Waals surface area contributed by atoms with Gasteiger partial charge in [-0.05, 0) is 33.9 Å². The Balaban J connectivity index is 1.73. The summed E-state index contributed by atoms with van der Waals surface area (Å²) in [6.45, 7) is 6.06. The van der Waals surface area contributed by atoms with E-state index in [0.29, 0.717) is 4.75 Å². The third-order valence-corrected chi connectivity index (χ3v) is 7.33. The van der Waals surface area contributed by atoms with Crippen molar-refractivity contribution in [2.24, 2.45) is 12.0 Å². The largest absolute Gasteiger partial charge is 0.357 e. The highest BCUT2D eigenvalue weighted by Gasteiger charge is 2.38. The molecule has 7 heteroatoms. The van der Waals surface area contributed by atoms with Crippen LogP contribution in [0.3, 0.4) is 0 Å².